The Morgan fingerprint density at radius 3 is 3.12 bits per heavy atom. The summed E-state index contributed by atoms with van der Waals surface area (Å²) in [7, 11) is 1.35. The van der Waals surface area contributed by atoms with Crippen molar-refractivity contribution in [2.45, 2.75) is 32.2 Å². The fraction of sp³-hybridized carbons (Fsp3) is 0.545. The summed E-state index contributed by atoms with van der Waals surface area (Å²) in [5.74, 6) is 0.334. The normalized spacial score (nSPS) is 14.0. The van der Waals surface area contributed by atoms with E-state index in [9.17, 15) is 4.79 Å². The number of carbonyl (C=O) groups is 1. The van der Waals surface area contributed by atoms with Gasteiger partial charge in [-0.2, -0.15) is 5.26 Å². The summed E-state index contributed by atoms with van der Waals surface area (Å²) >= 11 is 0. The Hall–Kier alpha value is -1.83. The quantitative estimate of drug-likeness (QED) is 0.690. The van der Waals surface area contributed by atoms with Crippen LogP contribution in [0.25, 0.3) is 0 Å². The Labute approximate surface area is 93.7 Å². The third kappa shape index (κ3) is 1.78. The number of hydrogen-bond donors (Lipinski definition) is 0. The molecule has 0 N–H and O–H groups in total. The third-order valence-corrected chi connectivity index (χ3v) is 2.83. The zero-order chi connectivity index (χ0) is 11.5. The third-order valence-electron chi connectivity index (χ3n) is 2.83. The molecule has 5 heteroatoms. The second-order valence-electron chi connectivity index (χ2n) is 3.80. The van der Waals surface area contributed by atoms with Crippen molar-refractivity contribution >= 4 is 5.97 Å². The van der Waals surface area contributed by atoms with Crippen molar-refractivity contribution in [2.24, 2.45) is 0 Å². The van der Waals surface area contributed by atoms with Gasteiger partial charge in [-0.25, -0.2) is 4.98 Å². The molecule has 16 heavy (non-hydrogen) atoms. The minimum atomic E-state index is -0.317. The highest BCUT2D eigenvalue weighted by molar-refractivity contribution is 5.71. The molecular weight excluding hydrogens is 206 g/mol. The summed E-state index contributed by atoms with van der Waals surface area (Å²) in [6, 6.07) is 2.08. The van der Waals surface area contributed by atoms with Crippen LogP contribution in [0.2, 0.25) is 0 Å². The van der Waals surface area contributed by atoms with Gasteiger partial charge in [-0.05, 0) is 19.3 Å². The molecule has 5 nitrogen and oxygen atoms in total. The number of esters is 1. The maximum absolute atomic E-state index is 11.2. The lowest BCUT2D eigenvalue weighted by Gasteiger charge is -2.16. The molecule has 1 aliphatic rings. The number of hydrogen-bond acceptors (Lipinski definition) is 4. The summed E-state index contributed by atoms with van der Waals surface area (Å²) in [5.41, 5.74) is 1.42. The van der Waals surface area contributed by atoms with Gasteiger partial charge in [-0.15, -0.1) is 0 Å². The van der Waals surface area contributed by atoms with Gasteiger partial charge < -0.3 is 9.30 Å². The van der Waals surface area contributed by atoms with Gasteiger partial charge in [-0.3, -0.25) is 4.79 Å². The molecule has 84 valence electrons. The fourth-order valence-electron chi connectivity index (χ4n) is 2.04. The first-order chi connectivity index (χ1) is 7.76. The molecule has 0 fully saturated rings. The Bertz CT molecular complexity index is 457. The minimum absolute atomic E-state index is 0.144. The molecule has 0 spiro atoms. The van der Waals surface area contributed by atoms with E-state index >= 15 is 0 Å². The summed E-state index contributed by atoms with van der Waals surface area (Å²) in [5, 5.41) is 8.96. The molecule has 0 saturated carbocycles. The second-order valence-corrected chi connectivity index (χ2v) is 3.80. The molecule has 0 radical (unpaired) electrons. The molecule has 0 saturated heterocycles. The van der Waals surface area contributed by atoms with Crippen LogP contribution in [0.5, 0.6) is 0 Å². The lowest BCUT2D eigenvalue weighted by molar-refractivity contribution is -0.139. The monoisotopic (exact) mass is 219 g/mol. The first-order valence-corrected chi connectivity index (χ1v) is 5.31. The topological polar surface area (TPSA) is 67.9 Å². The van der Waals surface area contributed by atoms with E-state index in [0.717, 1.165) is 31.5 Å². The van der Waals surface area contributed by atoms with Gasteiger partial charge in [0.05, 0.1) is 12.8 Å². The Morgan fingerprint density at radius 2 is 2.44 bits per heavy atom. The smallest absolute Gasteiger partial charge is 0.313 e. The van der Waals surface area contributed by atoms with Gasteiger partial charge in [0.15, 0.2) is 5.69 Å². The summed E-state index contributed by atoms with van der Waals surface area (Å²) in [4.78, 5) is 15.4. The number of methoxy groups -OCH3 is 1. The van der Waals surface area contributed by atoms with Crippen LogP contribution in [-0.2, 0) is 28.9 Å². The summed E-state index contributed by atoms with van der Waals surface area (Å²) < 4.78 is 6.60. The highest BCUT2D eigenvalue weighted by atomic mass is 16.5. The number of rotatable bonds is 2. The van der Waals surface area contributed by atoms with Crippen LogP contribution in [-0.4, -0.2) is 22.6 Å². The van der Waals surface area contributed by atoms with Crippen molar-refractivity contribution in [3.8, 4) is 6.07 Å². The highest BCUT2D eigenvalue weighted by Crippen LogP contribution is 2.20. The van der Waals surface area contributed by atoms with E-state index in [1.165, 1.54) is 7.11 Å². The van der Waals surface area contributed by atoms with Crippen molar-refractivity contribution in [1.82, 2.24) is 9.55 Å². The Balaban J connectivity index is 2.35. The number of carbonyl (C=O) groups excluding carboxylic acids is 1. The highest BCUT2D eigenvalue weighted by Gasteiger charge is 2.21. The molecule has 1 aliphatic heterocycles. The predicted molar refractivity (Wildman–Crippen MR) is 55.6 cm³/mol. The largest absolute Gasteiger partial charge is 0.469 e. The number of nitriles is 1. The second kappa shape index (κ2) is 4.35. The standard InChI is InChI=1S/C11H13N3O2/c1-16-11(15)6-10-13-8(7-12)9-4-2-3-5-14(9)10/h2-6H2,1H3. The van der Waals surface area contributed by atoms with Gasteiger partial charge in [0.2, 0.25) is 0 Å². The molecule has 0 aromatic carbocycles. The average molecular weight is 219 g/mol. The van der Waals surface area contributed by atoms with Crippen LogP contribution in [0.3, 0.4) is 0 Å². The van der Waals surface area contributed by atoms with Crippen LogP contribution in [0.1, 0.15) is 30.1 Å². The molecule has 0 amide bonds. The van der Waals surface area contributed by atoms with Gasteiger partial charge in [0, 0.05) is 6.54 Å². The van der Waals surface area contributed by atoms with Crippen molar-refractivity contribution in [2.75, 3.05) is 7.11 Å². The average Bonchev–Trinajstić information content (AvgIpc) is 2.68. The van der Waals surface area contributed by atoms with Crippen LogP contribution in [0, 0.1) is 11.3 Å². The molecule has 0 aliphatic carbocycles. The number of fused-ring (bicyclic) bond motifs is 1. The lowest BCUT2D eigenvalue weighted by atomic mass is 10.1. The van der Waals surface area contributed by atoms with Crippen LogP contribution in [0.15, 0.2) is 0 Å². The minimum Gasteiger partial charge on any atom is -0.469 e. The number of aromatic nitrogens is 2. The first-order valence-electron chi connectivity index (χ1n) is 5.31. The molecule has 0 bridgehead atoms. The van der Waals surface area contributed by atoms with Crippen LogP contribution < -0.4 is 0 Å². The molecule has 0 unspecified atom stereocenters. The van der Waals surface area contributed by atoms with E-state index in [1.807, 2.05) is 4.57 Å². The summed E-state index contributed by atoms with van der Waals surface area (Å²) in [6.07, 6.45) is 3.17. The molecule has 2 heterocycles. The van der Waals surface area contributed by atoms with E-state index in [2.05, 4.69) is 15.8 Å². The fourth-order valence-corrected chi connectivity index (χ4v) is 2.04. The molecular formula is C11H13N3O2. The SMILES string of the molecule is COC(=O)Cc1nc(C#N)c2n1CCCC2. The number of ether oxygens (including phenoxy) is 1. The lowest BCUT2D eigenvalue weighted by Crippen LogP contribution is -2.16. The van der Waals surface area contributed by atoms with E-state index in [0.29, 0.717) is 11.5 Å². The van der Waals surface area contributed by atoms with Gasteiger partial charge >= 0.3 is 5.97 Å². The van der Waals surface area contributed by atoms with E-state index in [-0.39, 0.29) is 12.4 Å². The van der Waals surface area contributed by atoms with Crippen molar-refractivity contribution in [3.63, 3.8) is 0 Å². The van der Waals surface area contributed by atoms with Crippen LogP contribution in [0.4, 0.5) is 0 Å². The number of imidazole rings is 1. The zero-order valence-corrected chi connectivity index (χ0v) is 9.19. The van der Waals surface area contributed by atoms with Crippen molar-refractivity contribution in [3.05, 3.63) is 17.2 Å². The summed E-state index contributed by atoms with van der Waals surface area (Å²) in [6.45, 7) is 0.844. The van der Waals surface area contributed by atoms with Gasteiger partial charge in [0.25, 0.3) is 0 Å². The molecule has 1 aromatic rings. The van der Waals surface area contributed by atoms with Crippen LogP contribution >= 0.6 is 0 Å². The van der Waals surface area contributed by atoms with Gasteiger partial charge in [0.1, 0.15) is 18.3 Å². The van der Waals surface area contributed by atoms with E-state index < -0.39 is 0 Å². The molecule has 2 rings (SSSR count). The van der Waals surface area contributed by atoms with E-state index in [1.54, 1.807) is 0 Å². The van der Waals surface area contributed by atoms with E-state index in [4.69, 9.17) is 5.26 Å². The van der Waals surface area contributed by atoms with Gasteiger partial charge in [-0.1, -0.05) is 0 Å². The zero-order valence-electron chi connectivity index (χ0n) is 9.19. The predicted octanol–water partition coefficient (Wildman–Crippen LogP) is 0.807. The van der Waals surface area contributed by atoms with Crippen molar-refractivity contribution in [1.29, 1.82) is 5.26 Å². The maximum atomic E-state index is 11.2. The number of nitrogens with zero attached hydrogens (tertiary/aromatic N) is 3. The Morgan fingerprint density at radius 1 is 1.62 bits per heavy atom. The van der Waals surface area contributed by atoms with Crippen molar-refractivity contribution < 1.29 is 9.53 Å². The maximum Gasteiger partial charge on any atom is 0.313 e. The molecule has 1 aromatic heterocycles. The first kappa shape index (κ1) is 10.7. The molecule has 0 atom stereocenters. The Kier molecular flexibility index (Phi) is 2.91.